The number of hydrogen-bond donors (Lipinski definition) is 0. The number of alkyl halides is 2. The summed E-state index contributed by atoms with van der Waals surface area (Å²) in [7, 11) is 0. The summed E-state index contributed by atoms with van der Waals surface area (Å²) in [6.45, 7) is 6.14. The van der Waals surface area contributed by atoms with E-state index >= 15 is 0 Å². The number of rotatable bonds is 12. The fourth-order valence-corrected chi connectivity index (χ4v) is 3.56. The van der Waals surface area contributed by atoms with Gasteiger partial charge in [-0.15, -0.1) is 0 Å². The smallest absolute Gasteiger partial charge is 0.348 e. The molecule has 186 valence electrons. The Labute approximate surface area is 201 Å². The van der Waals surface area contributed by atoms with Gasteiger partial charge in [-0.25, -0.2) is 0 Å². The largest absolute Gasteiger partial charge is 0.493 e. The van der Waals surface area contributed by atoms with Gasteiger partial charge in [-0.2, -0.15) is 12.7 Å². The minimum Gasteiger partial charge on any atom is -0.493 e. The molecule has 1 aliphatic carbocycles. The molecule has 0 heterocycles. The quantitative estimate of drug-likeness (QED) is 0.168. The molecule has 0 aromatic heterocycles. The zero-order valence-corrected chi connectivity index (χ0v) is 20.7. The predicted octanol–water partition coefficient (Wildman–Crippen LogP) is 8.55. The molecule has 7 heteroatoms. The fraction of sp³-hybridized carbons (Fsp3) is 0.577. The van der Waals surface area contributed by atoms with E-state index < -0.39 is 17.4 Å². The van der Waals surface area contributed by atoms with Gasteiger partial charge >= 0.3 is 11.2 Å². The summed E-state index contributed by atoms with van der Waals surface area (Å²) in [6, 6.07) is 5.43. The van der Waals surface area contributed by atoms with E-state index in [9.17, 15) is 17.5 Å². The SMILES string of the molecule is C/C=C\CCCC(=O)OC(C)C.FSC(F)(F)c1cccc(OCC/C=C/C2CCCC2)c1. The Bertz CT molecular complexity index is 729. The van der Waals surface area contributed by atoms with Crippen molar-refractivity contribution in [2.75, 3.05) is 6.61 Å². The number of hydrogen-bond acceptors (Lipinski definition) is 4. The highest BCUT2D eigenvalue weighted by Crippen LogP contribution is 2.41. The molecular formula is C26H37F3O3S. The highest BCUT2D eigenvalue weighted by molar-refractivity contribution is 7.94. The summed E-state index contributed by atoms with van der Waals surface area (Å²) in [5.74, 6) is 0.943. The Balaban J connectivity index is 0.000000389. The molecule has 0 atom stereocenters. The van der Waals surface area contributed by atoms with Crippen molar-refractivity contribution in [3.05, 3.63) is 54.1 Å². The summed E-state index contributed by atoms with van der Waals surface area (Å²) in [6.07, 6.45) is 16.6. The first-order valence-electron chi connectivity index (χ1n) is 11.7. The number of halogens is 3. The van der Waals surface area contributed by atoms with Crippen LogP contribution in [0.25, 0.3) is 0 Å². The third-order valence-electron chi connectivity index (χ3n) is 4.98. The van der Waals surface area contributed by atoms with Gasteiger partial charge in [0.15, 0.2) is 0 Å². The normalized spacial score (nSPS) is 14.6. The van der Waals surface area contributed by atoms with E-state index in [1.54, 1.807) is 6.07 Å². The Morgan fingerprint density at radius 3 is 2.58 bits per heavy atom. The lowest BCUT2D eigenvalue weighted by atomic mass is 10.1. The standard InChI is InChI=1S/C16H19F3OS.C10H18O2/c17-16(18,21-19)14-9-5-10-15(12-14)20-11-4-3-8-13-6-1-2-7-13;1-4-5-6-7-8-10(11)12-9(2)3/h3,5,8-10,12-13H,1-2,4,6-7,11H2;4-5,9H,6-8H2,1-3H3/b8-3+;5-4-. The van der Waals surface area contributed by atoms with Crippen LogP contribution in [-0.2, 0) is 14.8 Å². The number of carbonyl (C=O) groups is 1. The van der Waals surface area contributed by atoms with E-state index in [1.165, 1.54) is 43.9 Å². The second-order valence-electron chi connectivity index (χ2n) is 8.23. The maximum atomic E-state index is 13.2. The van der Waals surface area contributed by atoms with Crippen molar-refractivity contribution >= 4 is 18.1 Å². The van der Waals surface area contributed by atoms with Gasteiger partial charge in [0, 0.05) is 12.0 Å². The first kappa shape index (κ1) is 29.1. The minimum atomic E-state index is -3.53. The molecule has 0 unspecified atom stereocenters. The highest BCUT2D eigenvalue weighted by Gasteiger charge is 2.33. The van der Waals surface area contributed by atoms with Crippen molar-refractivity contribution in [2.24, 2.45) is 5.92 Å². The van der Waals surface area contributed by atoms with Gasteiger partial charge in [0.1, 0.15) is 17.9 Å². The molecule has 1 aliphatic rings. The van der Waals surface area contributed by atoms with Gasteiger partial charge in [0.25, 0.3) is 0 Å². The molecule has 1 saturated carbocycles. The van der Waals surface area contributed by atoms with E-state index in [1.807, 2.05) is 26.8 Å². The average Bonchev–Trinajstić information content (AvgIpc) is 3.30. The van der Waals surface area contributed by atoms with Gasteiger partial charge in [0.05, 0.1) is 12.7 Å². The second-order valence-corrected chi connectivity index (χ2v) is 8.90. The van der Waals surface area contributed by atoms with Gasteiger partial charge in [-0.3, -0.25) is 4.79 Å². The van der Waals surface area contributed by atoms with Crippen LogP contribution in [0.3, 0.4) is 0 Å². The lowest BCUT2D eigenvalue weighted by Crippen LogP contribution is -2.10. The molecule has 1 fully saturated rings. The highest BCUT2D eigenvalue weighted by atomic mass is 32.2. The molecule has 0 amide bonds. The van der Waals surface area contributed by atoms with Crippen LogP contribution in [0.15, 0.2) is 48.6 Å². The molecule has 3 nitrogen and oxygen atoms in total. The van der Waals surface area contributed by atoms with Gasteiger partial charge in [-0.1, -0.05) is 49.3 Å². The lowest BCUT2D eigenvalue weighted by molar-refractivity contribution is -0.147. The Hall–Kier alpha value is -1.89. The van der Waals surface area contributed by atoms with Crippen molar-refractivity contribution in [1.29, 1.82) is 0 Å². The van der Waals surface area contributed by atoms with Crippen LogP contribution in [0.5, 0.6) is 5.75 Å². The second kappa shape index (κ2) is 16.7. The van der Waals surface area contributed by atoms with Crippen molar-refractivity contribution < 1.29 is 26.9 Å². The molecule has 1 aromatic carbocycles. The van der Waals surface area contributed by atoms with Crippen molar-refractivity contribution in [3.63, 3.8) is 0 Å². The maximum absolute atomic E-state index is 13.2. The van der Waals surface area contributed by atoms with Crippen LogP contribution in [-0.4, -0.2) is 18.7 Å². The van der Waals surface area contributed by atoms with E-state index in [0.717, 1.165) is 19.3 Å². The summed E-state index contributed by atoms with van der Waals surface area (Å²) in [5.41, 5.74) is -0.381. The molecule has 0 radical (unpaired) electrons. The minimum absolute atomic E-state index is 0.0132. The number of allylic oxidation sites excluding steroid dienone is 3. The van der Waals surface area contributed by atoms with E-state index in [-0.39, 0.29) is 17.6 Å². The number of ether oxygens (including phenoxy) is 2. The molecular weight excluding hydrogens is 449 g/mol. The van der Waals surface area contributed by atoms with Crippen LogP contribution in [0.2, 0.25) is 0 Å². The van der Waals surface area contributed by atoms with Gasteiger partial charge in [-0.05, 0) is 70.9 Å². The first-order valence-corrected chi connectivity index (χ1v) is 12.4. The molecule has 0 bridgehead atoms. The monoisotopic (exact) mass is 486 g/mol. The molecule has 1 aromatic rings. The van der Waals surface area contributed by atoms with E-state index in [4.69, 9.17) is 9.47 Å². The molecule has 0 aliphatic heterocycles. The lowest BCUT2D eigenvalue weighted by Gasteiger charge is -2.12. The van der Waals surface area contributed by atoms with Crippen molar-refractivity contribution in [3.8, 4) is 5.75 Å². The Morgan fingerprint density at radius 1 is 1.21 bits per heavy atom. The molecule has 0 saturated heterocycles. The van der Waals surface area contributed by atoms with Crippen LogP contribution >= 0.6 is 12.1 Å². The third kappa shape index (κ3) is 13.4. The fourth-order valence-electron chi connectivity index (χ4n) is 3.35. The Morgan fingerprint density at radius 2 is 1.94 bits per heavy atom. The summed E-state index contributed by atoms with van der Waals surface area (Å²) in [4.78, 5) is 11.0. The number of carbonyl (C=O) groups excluding carboxylic acids is 1. The molecule has 33 heavy (non-hydrogen) atoms. The molecule has 0 spiro atoms. The Kier molecular flexibility index (Phi) is 14.7. The third-order valence-corrected chi connectivity index (χ3v) is 5.41. The van der Waals surface area contributed by atoms with E-state index in [2.05, 4.69) is 18.2 Å². The predicted molar refractivity (Wildman–Crippen MR) is 130 cm³/mol. The maximum Gasteiger partial charge on any atom is 0.348 e. The zero-order chi connectivity index (χ0) is 24.5. The van der Waals surface area contributed by atoms with Crippen LogP contribution in [0.1, 0.15) is 77.7 Å². The van der Waals surface area contributed by atoms with Crippen molar-refractivity contribution in [1.82, 2.24) is 0 Å². The topological polar surface area (TPSA) is 35.5 Å². The zero-order valence-electron chi connectivity index (χ0n) is 19.9. The van der Waals surface area contributed by atoms with Crippen LogP contribution in [0, 0.1) is 5.92 Å². The van der Waals surface area contributed by atoms with Gasteiger partial charge < -0.3 is 9.47 Å². The summed E-state index contributed by atoms with van der Waals surface area (Å²) >= 11 is -0.965. The number of unbranched alkanes of at least 4 members (excludes halogenated alkanes) is 1. The first-order chi connectivity index (χ1) is 15.8. The number of esters is 1. The summed E-state index contributed by atoms with van der Waals surface area (Å²) < 4.78 is 49.0. The van der Waals surface area contributed by atoms with Crippen LogP contribution < -0.4 is 4.74 Å². The van der Waals surface area contributed by atoms with Crippen LogP contribution in [0.4, 0.5) is 12.7 Å². The molecule has 0 N–H and O–H groups in total. The van der Waals surface area contributed by atoms with Crippen molar-refractivity contribution in [2.45, 2.75) is 83.5 Å². The summed E-state index contributed by atoms with van der Waals surface area (Å²) in [5, 5.41) is -3.53. The van der Waals surface area contributed by atoms with E-state index in [0.29, 0.717) is 24.7 Å². The van der Waals surface area contributed by atoms with Gasteiger partial charge in [0.2, 0.25) is 0 Å². The average molecular weight is 487 g/mol. The number of benzene rings is 1. The molecule has 2 rings (SSSR count).